The number of amides is 1. The number of anilines is 1. The van der Waals surface area contributed by atoms with Crippen molar-refractivity contribution in [1.29, 1.82) is 0 Å². The zero-order chi connectivity index (χ0) is 17.9. The van der Waals surface area contributed by atoms with Gasteiger partial charge in [-0.15, -0.1) is 0 Å². The minimum atomic E-state index is -0.109. The molecule has 0 saturated heterocycles. The van der Waals surface area contributed by atoms with Gasteiger partial charge in [0.25, 0.3) is 0 Å². The SMILES string of the molecule is CN1CC=C(c2noc(CCC(=O)Nc3nc4ccccc4s3)n2)CC1. The second kappa shape index (κ2) is 7.35. The van der Waals surface area contributed by atoms with Crippen molar-refractivity contribution in [3.05, 3.63) is 42.1 Å². The highest BCUT2D eigenvalue weighted by atomic mass is 32.1. The second-order valence-corrected chi connectivity index (χ2v) is 7.32. The number of likely N-dealkylation sites (N-methyl/N-ethyl adjacent to an activating group) is 1. The van der Waals surface area contributed by atoms with Crippen LogP contribution in [0.15, 0.2) is 34.9 Å². The molecule has 0 bridgehead atoms. The van der Waals surface area contributed by atoms with E-state index in [9.17, 15) is 4.79 Å². The molecule has 8 heteroatoms. The molecular weight excluding hydrogens is 350 g/mol. The van der Waals surface area contributed by atoms with Gasteiger partial charge in [-0.25, -0.2) is 4.98 Å². The maximum absolute atomic E-state index is 12.2. The molecule has 134 valence electrons. The summed E-state index contributed by atoms with van der Waals surface area (Å²) in [6.07, 6.45) is 3.72. The molecule has 1 aliphatic rings. The molecule has 1 amide bonds. The Morgan fingerprint density at radius 2 is 2.23 bits per heavy atom. The number of hydrogen-bond acceptors (Lipinski definition) is 7. The van der Waals surface area contributed by atoms with Crippen LogP contribution in [0.25, 0.3) is 15.8 Å². The lowest BCUT2D eigenvalue weighted by atomic mass is 10.1. The van der Waals surface area contributed by atoms with Gasteiger partial charge in [0, 0.05) is 25.9 Å². The fourth-order valence-electron chi connectivity index (χ4n) is 2.79. The molecule has 1 aromatic carbocycles. The van der Waals surface area contributed by atoms with Crippen LogP contribution >= 0.6 is 11.3 Å². The van der Waals surface area contributed by atoms with Crippen molar-refractivity contribution in [3.8, 4) is 0 Å². The Bertz CT molecular complexity index is 928. The number of hydrogen-bond donors (Lipinski definition) is 1. The van der Waals surface area contributed by atoms with Gasteiger partial charge in [-0.1, -0.05) is 34.7 Å². The highest BCUT2D eigenvalue weighted by Gasteiger charge is 2.16. The number of fused-ring (bicyclic) bond motifs is 1. The van der Waals surface area contributed by atoms with Crippen molar-refractivity contribution >= 4 is 38.2 Å². The highest BCUT2D eigenvalue weighted by molar-refractivity contribution is 7.22. The molecule has 0 radical (unpaired) electrons. The first-order chi connectivity index (χ1) is 12.7. The van der Waals surface area contributed by atoms with Gasteiger partial charge in [0.15, 0.2) is 11.0 Å². The van der Waals surface area contributed by atoms with Crippen molar-refractivity contribution in [2.45, 2.75) is 19.3 Å². The van der Waals surface area contributed by atoms with Gasteiger partial charge in [0.2, 0.25) is 11.8 Å². The monoisotopic (exact) mass is 369 g/mol. The molecule has 1 aliphatic heterocycles. The number of rotatable bonds is 5. The first-order valence-electron chi connectivity index (χ1n) is 8.53. The molecule has 2 aromatic heterocycles. The minimum Gasteiger partial charge on any atom is -0.339 e. The number of benzene rings is 1. The van der Waals surface area contributed by atoms with Crippen molar-refractivity contribution in [2.75, 3.05) is 25.5 Å². The average molecular weight is 369 g/mol. The molecular formula is C18H19N5O2S. The maximum atomic E-state index is 12.2. The van der Waals surface area contributed by atoms with Crippen molar-refractivity contribution in [3.63, 3.8) is 0 Å². The Hall–Kier alpha value is -2.58. The zero-order valence-corrected chi connectivity index (χ0v) is 15.3. The van der Waals surface area contributed by atoms with E-state index in [1.807, 2.05) is 24.3 Å². The van der Waals surface area contributed by atoms with Gasteiger partial charge in [0.05, 0.1) is 10.2 Å². The van der Waals surface area contributed by atoms with E-state index in [4.69, 9.17) is 4.52 Å². The van der Waals surface area contributed by atoms with Gasteiger partial charge in [-0.2, -0.15) is 4.98 Å². The van der Waals surface area contributed by atoms with E-state index in [2.05, 4.69) is 38.5 Å². The summed E-state index contributed by atoms with van der Waals surface area (Å²) in [6, 6.07) is 7.80. The lowest BCUT2D eigenvalue weighted by molar-refractivity contribution is -0.116. The largest absolute Gasteiger partial charge is 0.339 e. The summed E-state index contributed by atoms with van der Waals surface area (Å²) in [7, 11) is 2.08. The normalized spacial score (nSPS) is 15.2. The number of nitrogens with one attached hydrogen (secondary N) is 1. The number of thiazole rings is 1. The smallest absolute Gasteiger partial charge is 0.227 e. The Labute approximate surface area is 154 Å². The Kier molecular flexibility index (Phi) is 4.77. The third-order valence-corrected chi connectivity index (χ3v) is 5.23. The van der Waals surface area contributed by atoms with Crippen LogP contribution in [0.4, 0.5) is 5.13 Å². The van der Waals surface area contributed by atoms with Gasteiger partial charge in [0.1, 0.15) is 0 Å². The van der Waals surface area contributed by atoms with Gasteiger partial charge in [-0.05, 0) is 31.2 Å². The predicted octanol–water partition coefficient (Wildman–Crippen LogP) is 2.97. The molecule has 3 heterocycles. The summed E-state index contributed by atoms with van der Waals surface area (Å²) in [4.78, 5) is 23.2. The second-order valence-electron chi connectivity index (χ2n) is 6.29. The molecule has 1 N–H and O–H groups in total. The van der Waals surface area contributed by atoms with Crippen LogP contribution < -0.4 is 5.32 Å². The van der Waals surface area contributed by atoms with Crippen molar-refractivity contribution in [2.24, 2.45) is 0 Å². The van der Waals surface area contributed by atoms with Crippen LogP contribution in [-0.2, 0) is 11.2 Å². The molecule has 0 spiro atoms. The van der Waals surface area contributed by atoms with Gasteiger partial charge in [-0.3, -0.25) is 4.79 Å². The third kappa shape index (κ3) is 3.81. The van der Waals surface area contributed by atoms with Crippen molar-refractivity contribution in [1.82, 2.24) is 20.0 Å². The summed E-state index contributed by atoms with van der Waals surface area (Å²) >= 11 is 1.46. The molecule has 0 aliphatic carbocycles. The molecule has 4 rings (SSSR count). The summed E-state index contributed by atoms with van der Waals surface area (Å²) in [5.41, 5.74) is 2.00. The molecule has 0 saturated carbocycles. The number of aryl methyl sites for hydroxylation is 1. The maximum Gasteiger partial charge on any atom is 0.227 e. The highest BCUT2D eigenvalue weighted by Crippen LogP contribution is 2.25. The summed E-state index contributed by atoms with van der Waals surface area (Å²) in [6.45, 7) is 1.88. The number of aromatic nitrogens is 3. The van der Waals surface area contributed by atoms with Gasteiger partial charge < -0.3 is 14.7 Å². The molecule has 0 atom stereocenters. The predicted molar refractivity (Wildman–Crippen MR) is 101 cm³/mol. The standard InChI is InChI=1S/C18H19N5O2S/c1-23-10-8-12(9-11-23)17-21-16(25-22-17)7-6-15(24)20-18-19-13-4-2-3-5-14(13)26-18/h2-5,8H,6-7,9-11H2,1H3,(H,19,20,24). The van der Waals surface area contributed by atoms with Crippen LogP contribution in [0.3, 0.4) is 0 Å². The first kappa shape index (κ1) is 16.9. The van der Waals surface area contributed by atoms with E-state index in [0.717, 1.165) is 35.3 Å². The molecule has 0 unspecified atom stereocenters. The fraction of sp³-hybridized carbons (Fsp3) is 0.333. The van der Waals surface area contributed by atoms with E-state index in [-0.39, 0.29) is 12.3 Å². The third-order valence-electron chi connectivity index (χ3n) is 4.27. The Morgan fingerprint density at radius 1 is 1.35 bits per heavy atom. The zero-order valence-electron chi connectivity index (χ0n) is 14.4. The lowest BCUT2D eigenvalue weighted by Crippen LogP contribution is -2.23. The van der Waals surface area contributed by atoms with Crippen LogP contribution in [0.1, 0.15) is 24.6 Å². The van der Waals surface area contributed by atoms with E-state index >= 15 is 0 Å². The van der Waals surface area contributed by atoms with Crippen LogP contribution in [0.2, 0.25) is 0 Å². The van der Waals surface area contributed by atoms with Crippen LogP contribution in [-0.4, -0.2) is 46.1 Å². The average Bonchev–Trinajstić information content (AvgIpc) is 3.27. The quantitative estimate of drug-likeness (QED) is 0.744. The molecule has 3 aromatic rings. The van der Waals surface area contributed by atoms with E-state index in [1.54, 1.807) is 0 Å². The summed E-state index contributed by atoms with van der Waals surface area (Å²) in [5, 5.41) is 7.49. The topological polar surface area (TPSA) is 84.2 Å². The number of carbonyl (C=O) groups is 1. The number of carbonyl (C=O) groups excluding carboxylic acids is 1. The number of para-hydroxylation sites is 1. The first-order valence-corrected chi connectivity index (χ1v) is 9.35. The summed E-state index contributed by atoms with van der Waals surface area (Å²) in [5.74, 6) is 1.02. The van der Waals surface area contributed by atoms with E-state index in [0.29, 0.717) is 23.3 Å². The Balaban J connectivity index is 1.33. The fourth-order valence-corrected chi connectivity index (χ4v) is 3.67. The molecule has 7 nitrogen and oxygen atoms in total. The van der Waals surface area contributed by atoms with Crippen LogP contribution in [0.5, 0.6) is 0 Å². The lowest BCUT2D eigenvalue weighted by Gasteiger charge is -2.19. The van der Waals surface area contributed by atoms with Crippen LogP contribution in [0, 0.1) is 0 Å². The van der Waals surface area contributed by atoms with E-state index < -0.39 is 0 Å². The Morgan fingerprint density at radius 3 is 3.04 bits per heavy atom. The molecule has 0 fully saturated rings. The van der Waals surface area contributed by atoms with E-state index in [1.165, 1.54) is 11.3 Å². The van der Waals surface area contributed by atoms with Crippen molar-refractivity contribution < 1.29 is 9.32 Å². The number of nitrogens with zero attached hydrogens (tertiary/aromatic N) is 4. The summed E-state index contributed by atoms with van der Waals surface area (Å²) < 4.78 is 6.34. The minimum absolute atomic E-state index is 0.109. The molecule has 26 heavy (non-hydrogen) atoms. The van der Waals surface area contributed by atoms with Gasteiger partial charge >= 0.3 is 0 Å².